The number of hydrogen-bond acceptors (Lipinski definition) is 5. The van der Waals surface area contributed by atoms with E-state index in [1.54, 1.807) is 17.2 Å². The number of imide groups is 1. The minimum absolute atomic E-state index is 0.160. The van der Waals surface area contributed by atoms with Gasteiger partial charge in [0.25, 0.3) is 11.1 Å². The lowest BCUT2D eigenvalue weighted by molar-refractivity contribution is -0.136. The van der Waals surface area contributed by atoms with Gasteiger partial charge in [0, 0.05) is 30.7 Å². The summed E-state index contributed by atoms with van der Waals surface area (Å²) in [5.41, 5.74) is 3.89. The van der Waals surface area contributed by atoms with Gasteiger partial charge in [0.2, 0.25) is 5.91 Å². The Labute approximate surface area is 186 Å². The highest BCUT2D eigenvalue weighted by molar-refractivity contribution is 8.18. The van der Waals surface area contributed by atoms with E-state index in [2.05, 4.69) is 4.98 Å². The number of carbonyl (C=O) groups is 3. The number of likely N-dealkylation sites (tertiary alicyclic amines) is 1. The van der Waals surface area contributed by atoms with Crippen LogP contribution in [0.5, 0.6) is 0 Å². The summed E-state index contributed by atoms with van der Waals surface area (Å²) in [6, 6.07) is 5.93. The first-order chi connectivity index (χ1) is 14.8. The summed E-state index contributed by atoms with van der Waals surface area (Å²) in [5.74, 6) is 0.251. The van der Waals surface area contributed by atoms with Crippen LogP contribution in [0.25, 0.3) is 11.9 Å². The second kappa shape index (κ2) is 8.70. The molecule has 2 fully saturated rings. The fraction of sp³-hybridized carbons (Fsp3) is 0.391. The van der Waals surface area contributed by atoms with Gasteiger partial charge in [-0.15, -0.1) is 0 Å². The molecule has 2 aromatic heterocycles. The van der Waals surface area contributed by atoms with Crippen molar-refractivity contribution in [2.75, 3.05) is 19.6 Å². The number of rotatable bonds is 4. The van der Waals surface area contributed by atoms with Crippen LogP contribution in [0.2, 0.25) is 0 Å². The maximum Gasteiger partial charge on any atom is 0.294 e. The maximum absolute atomic E-state index is 12.9. The van der Waals surface area contributed by atoms with Gasteiger partial charge in [-0.3, -0.25) is 19.3 Å². The molecule has 0 spiro atoms. The SMILES string of the molecule is Cc1ccnc(-n2c(C)cc(C=C3SC(=O)N(CC(=O)N4CCCCC4)C3=O)c2C)c1. The van der Waals surface area contributed by atoms with Crippen molar-refractivity contribution in [2.24, 2.45) is 0 Å². The lowest BCUT2D eigenvalue weighted by atomic mass is 10.1. The Bertz CT molecular complexity index is 1080. The fourth-order valence-corrected chi connectivity index (χ4v) is 4.91. The molecule has 0 aliphatic carbocycles. The van der Waals surface area contributed by atoms with Gasteiger partial charge in [0.15, 0.2) is 0 Å². The Morgan fingerprint density at radius 1 is 1.13 bits per heavy atom. The van der Waals surface area contributed by atoms with E-state index in [-0.39, 0.29) is 12.5 Å². The summed E-state index contributed by atoms with van der Waals surface area (Å²) < 4.78 is 2.03. The molecular formula is C23H26N4O3S. The highest BCUT2D eigenvalue weighted by atomic mass is 32.2. The van der Waals surface area contributed by atoms with Gasteiger partial charge in [0.05, 0.1) is 4.91 Å². The molecular weight excluding hydrogens is 412 g/mol. The van der Waals surface area contributed by atoms with Gasteiger partial charge in [-0.05, 0) is 87.2 Å². The first-order valence-corrected chi connectivity index (χ1v) is 11.3. The Morgan fingerprint density at radius 3 is 2.58 bits per heavy atom. The zero-order valence-electron chi connectivity index (χ0n) is 18.1. The van der Waals surface area contributed by atoms with E-state index in [0.717, 1.165) is 64.3 Å². The van der Waals surface area contributed by atoms with Crippen molar-refractivity contribution < 1.29 is 14.4 Å². The van der Waals surface area contributed by atoms with Crippen LogP contribution < -0.4 is 0 Å². The van der Waals surface area contributed by atoms with Crippen LogP contribution in [0.1, 0.15) is 41.8 Å². The van der Waals surface area contributed by atoms with Crippen molar-refractivity contribution in [3.8, 4) is 5.82 Å². The van der Waals surface area contributed by atoms with Crippen LogP contribution in [0.15, 0.2) is 29.3 Å². The molecule has 4 heterocycles. The molecule has 0 saturated carbocycles. The Balaban J connectivity index is 1.56. The number of thioether (sulfide) groups is 1. The van der Waals surface area contributed by atoms with Crippen molar-refractivity contribution in [3.63, 3.8) is 0 Å². The number of pyridine rings is 1. The van der Waals surface area contributed by atoms with Gasteiger partial charge in [-0.25, -0.2) is 4.98 Å². The monoisotopic (exact) mass is 438 g/mol. The van der Waals surface area contributed by atoms with Crippen LogP contribution in [-0.2, 0) is 9.59 Å². The Hall–Kier alpha value is -2.87. The van der Waals surface area contributed by atoms with Crippen LogP contribution in [0, 0.1) is 20.8 Å². The lowest BCUT2D eigenvalue weighted by Gasteiger charge is -2.27. The zero-order chi connectivity index (χ0) is 22.1. The van der Waals surface area contributed by atoms with Gasteiger partial charge >= 0.3 is 0 Å². The van der Waals surface area contributed by atoms with Crippen LogP contribution in [0.3, 0.4) is 0 Å². The Kier molecular flexibility index (Phi) is 6.00. The highest BCUT2D eigenvalue weighted by Crippen LogP contribution is 2.33. The van der Waals surface area contributed by atoms with E-state index in [9.17, 15) is 14.4 Å². The van der Waals surface area contributed by atoms with Crippen molar-refractivity contribution in [3.05, 3.63) is 51.8 Å². The molecule has 0 unspecified atom stereocenters. The summed E-state index contributed by atoms with van der Waals surface area (Å²) in [4.78, 5) is 45.5. The first-order valence-electron chi connectivity index (χ1n) is 10.5. The van der Waals surface area contributed by atoms with Crippen molar-refractivity contribution in [1.29, 1.82) is 0 Å². The number of carbonyl (C=O) groups excluding carboxylic acids is 3. The van der Waals surface area contributed by atoms with Gasteiger partial charge in [0.1, 0.15) is 12.4 Å². The smallest absolute Gasteiger partial charge is 0.294 e. The predicted octanol–water partition coefficient (Wildman–Crippen LogP) is 3.85. The summed E-state index contributed by atoms with van der Waals surface area (Å²) >= 11 is 0.890. The zero-order valence-corrected chi connectivity index (χ0v) is 18.9. The van der Waals surface area contributed by atoms with E-state index in [1.807, 2.05) is 43.5 Å². The molecule has 0 bridgehead atoms. The van der Waals surface area contributed by atoms with Crippen LogP contribution in [-0.4, -0.2) is 56.0 Å². The third kappa shape index (κ3) is 4.30. The number of aryl methyl sites for hydroxylation is 2. The number of nitrogens with zero attached hydrogens (tertiary/aromatic N) is 4. The second-order valence-electron chi connectivity index (χ2n) is 8.06. The third-order valence-electron chi connectivity index (χ3n) is 5.76. The van der Waals surface area contributed by atoms with E-state index in [1.165, 1.54) is 0 Å². The largest absolute Gasteiger partial charge is 0.341 e. The maximum atomic E-state index is 12.9. The minimum Gasteiger partial charge on any atom is -0.341 e. The molecule has 3 amide bonds. The molecule has 2 aliphatic heterocycles. The number of aromatic nitrogens is 2. The third-order valence-corrected chi connectivity index (χ3v) is 6.67. The van der Waals surface area contributed by atoms with Gasteiger partial charge < -0.3 is 9.47 Å². The normalized spacial score (nSPS) is 18.4. The molecule has 0 N–H and O–H groups in total. The molecule has 162 valence electrons. The Morgan fingerprint density at radius 2 is 1.87 bits per heavy atom. The minimum atomic E-state index is -0.404. The standard InChI is InChI=1S/C23H26N4O3S/c1-15-7-8-24-20(11-15)27-16(2)12-18(17(27)3)13-19-22(29)26(23(30)31-19)14-21(28)25-9-5-4-6-10-25/h7-8,11-13H,4-6,9-10,14H2,1-3H3. The molecule has 0 atom stereocenters. The van der Waals surface area contributed by atoms with Crippen molar-refractivity contribution in [1.82, 2.24) is 19.4 Å². The summed E-state index contributed by atoms with van der Waals surface area (Å²) in [5, 5.41) is -0.393. The van der Waals surface area contributed by atoms with E-state index in [0.29, 0.717) is 18.0 Å². The average Bonchev–Trinajstić information content (AvgIpc) is 3.18. The van der Waals surface area contributed by atoms with Crippen LogP contribution in [0.4, 0.5) is 4.79 Å². The molecule has 4 rings (SSSR count). The molecule has 7 nitrogen and oxygen atoms in total. The lowest BCUT2D eigenvalue weighted by Crippen LogP contribution is -2.44. The quantitative estimate of drug-likeness (QED) is 0.678. The van der Waals surface area contributed by atoms with Crippen molar-refractivity contribution in [2.45, 2.75) is 40.0 Å². The molecule has 0 radical (unpaired) electrons. The number of hydrogen-bond donors (Lipinski definition) is 0. The van der Waals surface area contributed by atoms with Gasteiger partial charge in [-0.2, -0.15) is 0 Å². The number of piperidine rings is 1. The molecule has 8 heteroatoms. The van der Waals surface area contributed by atoms with E-state index in [4.69, 9.17) is 0 Å². The summed E-state index contributed by atoms with van der Waals surface area (Å²) in [6.07, 6.45) is 6.57. The predicted molar refractivity (Wildman–Crippen MR) is 121 cm³/mol. The number of amides is 3. The summed E-state index contributed by atoms with van der Waals surface area (Å²) in [7, 11) is 0. The molecule has 2 saturated heterocycles. The highest BCUT2D eigenvalue weighted by Gasteiger charge is 2.37. The topological polar surface area (TPSA) is 75.5 Å². The van der Waals surface area contributed by atoms with Crippen LogP contribution >= 0.6 is 11.8 Å². The van der Waals surface area contributed by atoms with E-state index < -0.39 is 11.1 Å². The molecule has 2 aliphatic rings. The average molecular weight is 439 g/mol. The molecule has 2 aromatic rings. The first kappa shape index (κ1) is 21.4. The van der Waals surface area contributed by atoms with E-state index >= 15 is 0 Å². The molecule has 31 heavy (non-hydrogen) atoms. The van der Waals surface area contributed by atoms with Gasteiger partial charge in [-0.1, -0.05) is 0 Å². The second-order valence-corrected chi connectivity index (χ2v) is 9.06. The van der Waals surface area contributed by atoms with Crippen molar-refractivity contribution >= 4 is 34.9 Å². The fourth-order valence-electron chi connectivity index (χ4n) is 4.08. The molecule has 0 aromatic carbocycles. The summed E-state index contributed by atoms with van der Waals surface area (Å²) in [6.45, 7) is 7.17.